The number of aryl methyl sites for hydroxylation is 2. The molecule has 1 heteroatoms. The smallest absolute Gasteiger partial charge is 0.0708 e. The second-order valence-electron chi connectivity index (χ2n) is 6.05. The largest absolute Gasteiger partial charge is 0.256 e. The van der Waals surface area contributed by atoms with Gasteiger partial charge in [0, 0.05) is 15.9 Å². The van der Waals surface area contributed by atoms with Crippen LogP contribution in [0.25, 0.3) is 33.2 Å². The van der Waals surface area contributed by atoms with Crippen molar-refractivity contribution >= 4 is 10.8 Å². The molecule has 0 aliphatic heterocycles. The van der Waals surface area contributed by atoms with Gasteiger partial charge in [-0.3, -0.25) is 4.98 Å². The zero-order valence-corrected chi connectivity index (χ0v) is 13.5. The number of aromatic nitrogens is 1. The molecule has 3 aromatic carbocycles. The molecule has 0 fully saturated rings. The van der Waals surface area contributed by atoms with Crippen LogP contribution in [0.4, 0.5) is 0 Å². The first-order valence-electron chi connectivity index (χ1n) is 9.48. The summed E-state index contributed by atoms with van der Waals surface area (Å²) in [5.41, 5.74) is 4.79. The van der Waals surface area contributed by atoms with Gasteiger partial charge in [0.2, 0.25) is 0 Å². The van der Waals surface area contributed by atoms with Crippen LogP contribution in [0.1, 0.15) is 15.2 Å². The Hall–Kier alpha value is -2.93. The molecule has 0 aliphatic rings. The summed E-state index contributed by atoms with van der Waals surface area (Å²) in [5, 5.41) is 2.24. The summed E-state index contributed by atoms with van der Waals surface area (Å²) in [6.07, 6.45) is 1.49. The van der Waals surface area contributed by atoms with Crippen molar-refractivity contribution in [2.45, 2.75) is 13.8 Å². The molecular weight excluding hydrogens is 290 g/mol. The summed E-state index contributed by atoms with van der Waals surface area (Å²) in [6, 6.07) is 24.0. The fraction of sp³-hybridized carbons (Fsp3) is 0.0870. The van der Waals surface area contributed by atoms with E-state index in [0.29, 0.717) is 5.56 Å². The fourth-order valence-electron chi connectivity index (χ4n) is 2.99. The van der Waals surface area contributed by atoms with E-state index in [1.54, 1.807) is 0 Å². The van der Waals surface area contributed by atoms with Crippen molar-refractivity contribution in [3.05, 3.63) is 90.1 Å². The van der Waals surface area contributed by atoms with E-state index >= 15 is 0 Å². The average Bonchev–Trinajstić information content (AvgIpc) is 2.67. The second-order valence-corrected chi connectivity index (χ2v) is 6.05. The molecule has 0 N–H and O–H groups in total. The van der Waals surface area contributed by atoms with E-state index in [9.17, 15) is 0 Å². The molecule has 116 valence electrons. The molecule has 0 spiro atoms. The summed E-state index contributed by atoms with van der Waals surface area (Å²) in [4.78, 5) is 4.42. The van der Waals surface area contributed by atoms with Crippen LogP contribution in [0.3, 0.4) is 0 Å². The third kappa shape index (κ3) is 2.69. The van der Waals surface area contributed by atoms with Crippen molar-refractivity contribution in [1.29, 1.82) is 0 Å². The molecule has 0 amide bonds. The number of rotatable bonds is 2. The first kappa shape index (κ1) is 11.6. The lowest BCUT2D eigenvalue weighted by Gasteiger charge is -2.10. The standard InChI is InChI=1S/C23H19N/c1-16-8-9-20-13-21(11-10-19(20)12-16)22-14-23(24-15-17(22)2)18-6-4-3-5-7-18/h3-15H,1-2H3/i2D3. The van der Waals surface area contributed by atoms with Gasteiger partial charge in [0.15, 0.2) is 0 Å². The summed E-state index contributed by atoms with van der Waals surface area (Å²) in [7, 11) is 0. The number of nitrogens with zero attached hydrogens (tertiary/aromatic N) is 1. The maximum absolute atomic E-state index is 7.92. The van der Waals surface area contributed by atoms with Crippen LogP contribution in [-0.2, 0) is 0 Å². The summed E-state index contributed by atoms with van der Waals surface area (Å²) >= 11 is 0. The maximum Gasteiger partial charge on any atom is 0.0708 e. The van der Waals surface area contributed by atoms with Gasteiger partial charge < -0.3 is 0 Å². The van der Waals surface area contributed by atoms with Crippen molar-refractivity contribution in [2.75, 3.05) is 0 Å². The Bertz CT molecular complexity index is 1120. The Morgan fingerprint density at radius 1 is 0.792 bits per heavy atom. The zero-order chi connectivity index (χ0) is 19.0. The SMILES string of the molecule is [2H]C([2H])([2H])c1cnc(-c2ccccc2)cc1-c1ccc2cc(C)ccc2c1. The summed E-state index contributed by atoms with van der Waals surface area (Å²) in [6.45, 7) is -0.158. The van der Waals surface area contributed by atoms with Crippen LogP contribution in [-0.4, -0.2) is 4.98 Å². The number of benzene rings is 3. The Labute approximate surface area is 146 Å². The fourth-order valence-corrected chi connectivity index (χ4v) is 2.99. The molecule has 1 aromatic heterocycles. The number of hydrogen-bond donors (Lipinski definition) is 0. The van der Waals surface area contributed by atoms with Crippen molar-refractivity contribution in [3.63, 3.8) is 0 Å². The first-order valence-corrected chi connectivity index (χ1v) is 7.98. The van der Waals surface area contributed by atoms with Gasteiger partial charge >= 0.3 is 0 Å². The van der Waals surface area contributed by atoms with Crippen LogP contribution in [0.2, 0.25) is 0 Å². The van der Waals surface area contributed by atoms with E-state index in [-0.39, 0.29) is 5.56 Å². The molecule has 0 radical (unpaired) electrons. The van der Waals surface area contributed by atoms with Gasteiger partial charge in [-0.05, 0) is 53.4 Å². The molecule has 0 aliphatic carbocycles. The highest BCUT2D eigenvalue weighted by Crippen LogP contribution is 2.30. The third-order valence-corrected chi connectivity index (χ3v) is 4.28. The number of pyridine rings is 1. The van der Waals surface area contributed by atoms with Crippen LogP contribution in [0, 0.1) is 13.8 Å². The maximum atomic E-state index is 7.92. The van der Waals surface area contributed by atoms with Gasteiger partial charge in [0.25, 0.3) is 0 Å². The van der Waals surface area contributed by atoms with Crippen LogP contribution < -0.4 is 0 Å². The molecule has 0 atom stereocenters. The van der Waals surface area contributed by atoms with E-state index in [2.05, 4.69) is 30.1 Å². The highest BCUT2D eigenvalue weighted by atomic mass is 14.7. The monoisotopic (exact) mass is 312 g/mol. The Morgan fingerprint density at radius 2 is 1.58 bits per heavy atom. The third-order valence-electron chi connectivity index (χ3n) is 4.28. The predicted octanol–water partition coefficient (Wildman–Crippen LogP) is 6.19. The molecule has 0 saturated carbocycles. The van der Waals surface area contributed by atoms with Crippen LogP contribution >= 0.6 is 0 Å². The molecule has 0 unspecified atom stereocenters. The first-order chi connectivity index (χ1) is 12.9. The van der Waals surface area contributed by atoms with Crippen molar-refractivity contribution in [1.82, 2.24) is 4.98 Å². The van der Waals surface area contributed by atoms with Crippen LogP contribution in [0.15, 0.2) is 79.0 Å². The minimum atomic E-state index is -2.22. The lowest BCUT2D eigenvalue weighted by Crippen LogP contribution is -1.90. The minimum Gasteiger partial charge on any atom is -0.256 e. The molecule has 4 aromatic rings. The van der Waals surface area contributed by atoms with E-state index in [1.165, 1.54) is 11.8 Å². The average molecular weight is 312 g/mol. The molecule has 4 rings (SSSR count). The highest BCUT2D eigenvalue weighted by Gasteiger charge is 2.07. The molecule has 0 bridgehead atoms. The minimum absolute atomic E-state index is 0.272. The Kier molecular flexibility index (Phi) is 2.86. The van der Waals surface area contributed by atoms with Gasteiger partial charge in [-0.15, -0.1) is 0 Å². The number of fused-ring (bicyclic) bond motifs is 1. The Morgan fingerprint density at radius 3 is 2.42 bits per heavy atom. The van der Waals surface area contributed by atoms with Gasteiger partial charge in [-0.1, -0.05) is 66.2 Å². The summed E-state index contributed by atoms with van der Waals surface area (Å²) < 4.78 is 23.8. The van der Waals surface area contributed by atoms with Crippen molar-refractivity contribution < 1.29 is 4.11 Å². The normalized spacial score (nSPS) is 13.3. The van der Waals surface area contributed by atoms with Crippen LogP contribution in [0.5, 0.6) is 0 Å². The van der Waals surface area contributed by atoms with E-state index in [1.807, 2.05) is 54.6 Å². The van der Waals surface area contributed by atoms with Gasteiger partial charge in [0.05, 0.1) is 5.69 Å². The van der Waals surface area contributed by atoms with E-state index < -0.39 is 6.85 Å². The molecule has 24 heavy (non-hydrogen) atoms. The lowest BCUT2D eigenvalue weighted by molar-refractivity contribution is 1.27. The Balaban J connectivity index is 1.92. The summed E-state index contributed by atoms with van der Waals surface area (Å²) in [5.74, 6) is 0. The predicted molar refractivity (Wildman–Crippen MR) is 102 cm³/mol. The quantitative estimate of drug-likeness (QED) is 0.430. The van der Waals surface area contributed by atoms with E-state index in [0.717, 1.165) is 27.6 Å². The zero-order valence-electron chi connectivity index (χ0n) is 16.5. The van der Waals surface area contributed by atoms with Crippen molar-refractivity contribution in [2.24, 2.45) is 0 Å². The number of hydrogen-bond acceptors (Lipinski definition) is 1. The molecular formula is C23H19N. The van der Waals surface area contributed by atoms with E-state index in [4.69, 9.17) is 4.11 Å². The molecule has 1 heterocycles. The van der Waals surface area contributed by atoms with Gasteiger partial charge in [0.1, 0.15) is 0 Å². The molecule has 0 saturated heterocycles. The van der Waals surface area contributed by atoms with Crippen molar-refractivity contribution in [3.8, 4) is 22.4 Å². The highest BCUT2D eigenvalue weighted by molar-refractivity contribution is 5.88. The molecule has 1 nitrogen and oxygen atoms in total. The lowest BCUT2D eigenvalue weighted by atomic mass is 9.96. The topological polar surface area (TPSA) is 12.9 Å². The van der Waals surface area contributed by atoms with Gasteiger partial charge in [-0.25, -0.2) is 0 Å². The van der Waals surface area contributed by atoms with Gasteiger partial charge in [-0.2, -0.15) is 0 Å². The second kappa shape index (κ2) is 5.93.